The van der Waals surface area contributed by atoms with Gasteiger partial charge in [0.1, 0.15) is 11.6 Å². The molecule has 1 aliphatic rings. The van der Waals surface area contributed by atoms with E-state index in [9.17, 15) is 19.1 Å². The van der Waals surface area contributed by atoms with Crippen LogP contribution in [0.2, 0.25) is 0 Å². The molecular formula is C25H23FN3O3+. The number of aliphatic hydroxyl groups excluding tert-OH is 1. The first-order valence-corrected chi connectivity index (χ1v) is 10.1. The first-order chi connectivity index (χ1) is 15.4. The molecule has 2 aromatic carbocycles. The van der Waals surface area contributed by atoms with E-state index >= 15 is 0 Å². The molecule has 1 atom stereocenters. The highest BCUT2D eigenvalue weighted by atomic mass is 19.1. The van der Waals surface area contributed by atoms with Crippen LogP contribution in [0.1, 0.15) is 22.7 Å². The van der Waals surface area contributed by atoms with E-state index in [4.69, 9.17) is 0 Å². The minimum atomic E-state index is -0.781. The number of rotatable bonds is 5. The molecular weight excluding hydrogens is 409 g/mol. The minimum absolute atomic E-state index is 0.0147. The number of amides is 1. The van der Waals surface area contributed by atoms with Crippen LogP contribution in [0, 0.1) is 5.82 Å². The van der Waals surface area contributed by atoms with Gasteiger partial charge < -0.3 is 14.9 Å². The molecule has 0 spiro atoms. The number of aliphatic hydroxyl groups is 1. The number of anilines is 1. The number of nitrogens with one attached hydrogen (secondary N) is 1. The van der Waals surface area contributed by atoms with Gasteiger partial charge in [-0.15, -0.1) is 0 Å². The van der Waals surface area contributed by atoms with Crippen molar-refractivity contribution in [2.45, 2.75) is 12.6 Å². The van der Waals surface area contributed by atoms with Gasteiger partial charge in [0.25, 0.3) is 11.7 Å². The normalized spacial score (nSPS) is 17.6. The number of aromatic amines is 1. The molecule has 0 bridgehead atoms. The van der Waals surface area contributed by atoms with Crippen LogP contribution >= 0.6 is 0 Å². The third-order valence-corrected chi connectivity index (χ3v) is 5.51. The van der Waals surface area contributed by atoms with Crippen LogP contribution in [0.3, 0.4) is 0 Å². The van der Waals surface area contributed by atoms with Crippen LogP contribution in [-0.2, 0) is 16.1 Å². The zero-order valence-electron chi connectivity index (χ0n) is 17.7. The van der Waals surface area contributed by atoms with Crippen LogP contribution in [-0.4, -0.2) is 35.8 Å². The number of nitrogens with zero attached hydrogens (tertiary/aromatic N) is 2. The van der Waals surface area contributed by atoms with E-state index in [0.29, 0.717) is 5.56 Å². The highest BCUT2D eigenvalue weighted by Gasteiger charge is 2.46. The van der Waals surface area contributed by atoms with Crippen molar-refractivity contribution < 1.29 is 24.1 Å². The summed E-state index contributed by atoms with van der Waals surface area (Å²) in [5.41, 5.74) is 2.72. The monoisotopic (exact) mass is 432 g/mol. The Morgan fingerprint density at radius 2 is 1.75 bits per heavy atom. The Labute approximate surface area is 185 Å². The van der Waals surface area contributed by atoms with Gasteiger partial charge in [-0.25, -0.2) is 9.37 Å². The van der Waals surface area contributed by atoms with Gasteiger partial charge in [0.2, 0.25) is 0 Å². The maximum atomic E-state index is 13.4. The second-order valence-electron chi connectivity index (χ2n) is 7.83. The van der Waals surface area contributed by atoms with E-state index in [0.717, 1.165) is 11.3 Å². The van der Waals surface area contributed by atoms with Gasteiger partial charge in [-0.2, -0.15) is 0 Å². The number of likely N-dealkylation sites (tertiary alicyclic amines) is 1. The largest absolute Gasteiger partial charge is 0.507 e. The SMILES string of the molecule is CN(C)c1ccc(C2C(=C(O)c3ccc(F)cc3)C(=O)C(=O)N2Cc2ccc[nH+]c2)cc1. The van der Waals surface area contributed by atoms with Crippen molar-refractivity contribution in [2.75, 3.05) is 19.0 Å². The number of aromatic nitrogens is 1. The molecule has 1 amide bonds. The summed E-state index contributed by atoms with van der Waals surface area (Å²) in [6.07, 6.45) is 3.51. The molecule has 1 unspecified atom stereocenters. The minimum Gasteiger partial charge on any atom is -0.507 e. The van der Waals surface area contributed by atoms with Gasteiger partial charge in [-0.3, -0.25) is 9.59 Å². The fraction of sp³-hybridized carbons (Fsp3) is 0.160. The van der Waals surface area contributed by atoms with Crippen LogP contribution in [0.15, 0.2) is 78.6 Å². The van der Waals surface area contributed by atoms with Crippen molar-refractivity contribution in [2.24, 2.45) is 0 Å². The number of halogens is 1. The fourth-order valence-corrected chi connectivity index (χ4v) is 3.83. The molecule has 3 aromatic rings. The number of H-pyrrole nitrogens is 1. The summed E-state index contributed by atoms with van der Waals surface area (Å²) in [5.74, 6) is -2.25. The quantitative estimate of drug-likeness (QED) is 0.381. The number of carbonyl (C=O) groups is 2. The van der Waals surface area contributed by atoms with Crippen molar-refractivity contribution >= 4 is 23.1 Å². The van der Waals surface area contributed by atoms with Crippen molar-refractivity contribution in [3.05, 3.63) is 101 Å². The van der Waals surface area contributed by atoms with Gasteiger partial charge in [0.15, 0.2) is 12.4 Å². The fourth-order valence-electron chi connectivity index (χ4n) is 3.83. The van der Waals surface area contributed by atoms with Crippen LogP contribution in [0.4, 0.5) is 10.1 Å². The topological polar surface area (TPSA) is 75.0 Å². The third kappa shape index (κ3) is 3.97. The Hall–Kier alpha value is -4.00. The van der Waals surface area contributed by atoms with Crippen LogP contribution in [0.25, 0.3) is 5.76 Å². The van der Waals surface area contributed by atoms with E-state index in [1.807, 2.05) is 55.4 Å². The predicted molar refractivity (Wildman–Crippen MR) is 118 cm³/mol. The Balaban J connectivity index is 1.84. The van der Waals surface area contributed by atoms with Gasteiger partial charge in [-0.05, 0) is 48.0 Å². The maximum absolute atomic E-state index is 13.4. The Morgan fingerprint density at radius 1 is 1.06 bits per heavy atom. The van der Waals surface area contributed by atoms with E-state index in [1.54, 1.807) is 12.4 Å². The summed E-state index contributed by atoms with van der Waals surface area (Å²) >= 11 is 0. The molecule has 2 heterocycles. The smallest absolute Gasteiger partial charge is 0.295 e. The molecule has 0 saturated carbocycles. The molecule has 7 heteroatoms. The zero-order valence-corrected chi connectivity index (χ0v) is 17.7. The van der Waals surface area contributed by atoms with E-state index in [-0.39, 0.29) is 23.4 Å². The maximum Gasteiger partial charge on any atom is 0.295 e. The molecule has 1 aliphatic heterocycles. The predicted octanol–water partition coefficient (Wildman–Crippen LogP) is 3.33. The van der Waals surface area contributed by atoms with Crippen LogP contribution in [0.5, 0.6) is 0 Å². The lowest BCUT2D eigenvalue weighted by atomic mass is 9.95. The number of carbonyl (C=O) groups excluding carboxylic acids is 2. The zero-order chi connectivity index (χ0) is 22.8. The lowest BCUT2D eigenvalue weighted by Gasteiger charge is -2.25. The van der Waals surface area contributed by atoms with Gasteiger partial charge >= 0.3 is 0 Å². The van der Waals surface area contributed by atoms with Gasteiger partial charge in [0, 0.05) is 37.0 Å². The first kappa shape index (κ1) is 21.2. The molecule has 32 heavy (non-hydrogen) atoms. The second-order valence-corrected chi connectivity index (χ2v) is 7.83. The average Bonchev–Trinajstić information content (AvgIpc) is 3.05. The van der Waals surface area contributed by atoms with Gasteiger partial charge in [0.05, 0.1) is 18.2 Å². The number of ketones is 1. The van der Waals surface area contributed by atoms with Gasteiger partial charge in [-0.1, -0.05) is 12.1 Å². The number of hydrogen-bond donors (Lipinski definition) is 1. The number of benzene rings is 2. The van der Waals surface area contributed by atoms with Crippen LogP contribution < -0.4 is 9.88 Å². The van der Waals surface area contributed by atoms with E-state index in [2.05, 4.69) is 4.98 Å². The first-order valence-electron chi connectivity index (χ1n) is 10.1. The van der Waals surface area contributed by atoms with Crippen molar-refractivity contribution in [1.82, 2.24) is 4.90 Å². The highest BCUT2D eigenvalue weighted by Crippen LogP contribution is 2.40. The molecule has 2 N–H and O–H groups in total. The van der Waals surface area contributed by atoms with Crippen molar-refractivity contribution in [1.29, 1.82) is 0 Å². The average molecular weight is 432 g/mol. The molecule has 0 radical (unpaired) electrons. The molecule has 6 nitrogen and oxygen atoms in total. The number of Topliss-reactive ketones (excluding diaryl/α,β-unsaturated/α-hetero) is 1. The summed E-state index contributed by atoms with van der Waals surface area (Å²) in [6.45, 7) is 0.183. The Bertz CT molecular complexity index is 1170. The molecule has 4 rings (SSSR count). The molecule has 0 aliphatic carbocycles. The number of pyridine rings is 1. The summed E-state index contributed by atoms with van der Waals surface area (Å²) in [5, 5.41) is 11.0. The third-order valence-electron chi connectivity index (χ3n) is 5.51. The highest BCUT2D eigenvalue weighted by molar-refractivity contribution is 6.46. The van der Waals surface area contributed by atoms with Crippen molar-refractivity contribution in [3.63, 3.8) is 0 Å². The van der Waals surface area contributed by atoms with Crippen molar-refractivity contribution in [3.8, 4) is 0 Å². The molecule has 1 aromatic heterocycles. The molecule has 1 fully saturated rings. The number of hydrogen-bond acceptors (Lipinski definition) is 4. The van der Waals surface area contributed by atoms with E-state index in [1.165, 1.54) is 29.2 Å². The lowest BCUT2D eigenvalue weighted by molar-refractivity contribution is -0.378. The summed E-state index contributed by atoms with van der Waals surface area (Å²) in [7, 11) is 3.84. The summed E-state index contributed by atoms with van der Waals surface area (Å²) < 4.78 is 13.4. The molecule has 1 saturated heterocycles. The summed E-state index contributed by atoms with van der Waals surface area (Å²) in [6, 6.07) is 15.5. The Kier molecular flexibility index (Phi) is 5.73. The lowest BCUT2D eigenvalue weighted by Crippen LogP contribution is -2.29. The summed E-state index contributed by atoms with van der Waals surface area (Å²) in [4.78, 5) is 32.4. The molecule has 162 valence electrons. The second kappa shape index (κ2) is 8.63. The standard InChI is InChI=1S/C25H22FN3O3/c1-28(2)20-11-7-17(8-12-20)22-21(23(30)18-5-9-19(26)10-6-18)24(31)25(32)29(22)15-16-4-3-13-27-14-16/h3-14,22,30H,15H2,1-2H3/p+1. The Morgan fingerprint density at radius 3 is 2.34 bits per heavy atom. The van der Waals surface area contributed by atoms with E-state index < -0.39 is 23.5 Å².